The van der Waals surface area contributed by atoms with E-state index in [0.29, 0.717) is 17.3 Å². The van der Waals surface area contributed by atoms with Gasteiger partial charge in [0.05, 0.1) is 23.7 Å². The second kappa shape index (κ2) is 5.90. The van der Waals surface area contributed by atoms with E-state index in [0.717, 1.165) is 4.57 Å². The summed E-state index contributed by atoms with van der Waals surface area (Å²) in [6.07, 6.45) is 0. The number of hydrogen-bond acceptors (Lipinski definition) is 6. The lowest BCUT2D eigenvalue weighted by atomic mass is 10.1. The molecule has 2 aromatic rings. The van der Waals surface area contributed by atoms with Gasteiger partial charge in [-0.2, -0.15) is 4.98 Å². The van der Waals surface area contributed by atoms with Crippen LogP contribution in [0.3, 0.4) is 0 Å². The molecule has 3 heterocycles. The topological polar surface area (TPSA) is 112 Å². The molecule has 0 atom stereocenters. The molecule has 0 fully saturated rings. The molecule has 0 saturated carbocycles. The van der Waals surface area contributed by atoms with Gasteiger partial charge >= 0.3 is 5.69 Å². The van der Waals surface area contributed by atoms with Gasteiger partial charge in [0.2, 0.25) is 0 Å². The van der Waals surface area contributed by atoms with E-state index < -0.39 is 11.2 Å². The van der Waals surface area contributed by atoms with Crippen molar-refractivity contribution in [1.29, 1.82) is 0 Å². The number of hydrogen-bond donors (Lipinski definition) is 1. The van der Waals surface area contributed by atoms with Crippen molar-refractivity contribution in [3.05, 3.63) is 67.3 Å². The number of aryl methyl sites for hydroxylation is 1. The highest BCUT2D eigenvalue weighted by Gasteiger charge is 2.22. The van der Waals surface area contributed by atoms with Crippen molar-refractivity contribution in [1.82, 2.24) is 24.1 Å². The number of fused-ring (bicyclic) bond motifs is 2. The Morgan fingerprint density at radius 1 is 1.11 bits per heavy atom. The van der Waals surface area contributed by atoms with E-state index in [9.17, 15) is 14.4 Å². The maximum atomic E-state index is 12.6. The number of aromatic nitrogens is 5. The molecule has 0 spiro atoms. The molecular weight excluding hydrogens is 350 g/mol. The first-order valence-electron chi connectivity index (χ1n) is 8.08. The third-order valence-electron chi connectivity index (χ3n) is 4.34. The predicted molar refractivity (Wildman–Crippen MR) is 98.9 cm³/mol. The Balaban J connectivity index is 2.30. The predicted octanol–water partition coefficient (Wildman–Crippen LogP) is 0.590. The van der Waals surface area contributed by atoms with Crippen molar-refractivity contribution < 1.29 is 4.74 Å². The van der Waals surface area contributed by atoms with Gasteiger partial charge in [-0.05, 0) is 25.1 Å². The van der Waals surface area contributed by atoms with Gasteiger partial charge in [0.1, 0.15) is 11.6 Å². The van der Waals surface area contributed by atoms with Crippen LogP contribution in [0.4, 0.5) is 0 Å². The van der Waals surface area contributed by atoms with Gasteiger partial charge in [0.15, 0.2) is 11.5 Å². The molecule has 9 nitrogen and oxygen atoms in total. The Labute approximate surface area is 151 Å². The van der Waals surface area contributed by atoms with Crippen LogP contribution in [0.5, 0.6) is 5.75 Å². The molecule has 1 N–H and O–H groups in total. The quantitative estimate of drug-likeness (QED) is 0.520. The SMILES string of the molecule is COc1cccc(-n2c3nc(=O)n(C)c(=O)c-3cc3c(=O)[nH]c(C)nc32)c1. The number of ether oxygens (including phenoxy) is 1. The molecule has 0 bridgehead atoms. The Bertz CT molecular complexity index is 1350. The minimum Gasteiger partial charge on any atom is -0.497 e. The van der Waals surface area contributed by atoms with Crippen LogP contribution in [0.2, 0.25) is 0 Å². The summed E-state index contributed by atoms with van der Waals surface area (Å²) in [6.45, 7) is 1.65. The summed E-state index contributed by atoms with van der Waals surface area (Å²) >= 11 is 0. The molecule has 1 aromatic carbocycles. The molecule has 9 heteroatoms. The summed E-state index contributed by atoms with van der Waals surface area (Å²) in [5, 5.41) is 0.216. The third kappa shape index (κ3) is 2.51. The van der Waals surface area contributed by atoms with E-state index in [-0.39, 0.29) is 28.0 Å². The van der Waals surface area contributed by atoms with E-state index in [1.54, 1.807) is 31.2 Å². The fourth-order valence-electron chi connectivity index (χ4n) is 3.01. The molecule has 2 aliphatic heterocycles. The van der Waals surface area contributed by atoms with Crippen LogP contribution in [0.1, 0.15) is 5.82 Å². The standard InChI is InChI=1S/C18H15N5O4/c1-9-19-14-12(16(24)20-9)8-13-15(21-18(26)22(2)17(13)25)23(14)10-5-4-6-11(7-10)27-3/h4-8H,1-3H3,(H,19,20,24). The largest absolute Gasteiger partial charge is 0.497 e. The van der Waals surface area contributed by atoms with Gasteiger partial charge in [-0.1, -0.05) is 6.07 Å². The van der Waals surface area contributed by atoms with Crippen molar-refractivity contribution in [2.75, 3.05) is 7.11 Å². The summed E-state index contributed by atoms with van der Waals surface area (Å²) in [6, 6.07) is 8.39. The minimum absolute atomic E-state index is 0.126. The van der Waals surface area contributed by atoms with Crippen LogP contribution in [0, 0.1) is 6.92 Å². The third-order valence-corrected chi connectivity index (χ3v) is 4.34. The summed E-state index contributed by atoms with van der Waals surface area (Å²) in [5.74, 6) is 1.09. The summed E-state index contributed by atoms with van der Waals surface area (Å²) in [5.41, 5.74) is -0.624. The molecule has 0 amide bonds. The number of pyridine rings is 1. The van der Waals surface area contributed by atoms with Gasteiger partial charge in [-0.25, -0.2) is 9.78 Å². The normalized spacial score (nSPS) is 11.2. The van der Waals surface area contributed by atoms with Gasteiger partial charge in [-0.3, -0.25) is 18.7 Å². The van der Waals surface area contributed by atoms with Gasteiger partial charge in [0.25, 0.3) is 11.1 Å². The van der Waals surface area contributed by atoms with Gasteiger partial charge in [-0.15, -0.1) is 0 Å². The number of nitrogens with one attached hydrogen (secondary N) is 1. The lowest BCUT2D eigenvalue weighted by Crippen LogP contribution is -2.36. The highest BCUT2D eigenvalue weighted by atomic mass is 16.5. The molecule has 0 aliphatic carbocycles. The zero-order valence-electron chi connectivity index (χ0n) is 14.8. The smallest absolute Gasteiger partial charge is 0.352 e. The fourth-order valence-corrected chi connectivity index (χ4v) is 3.01. The second-order valence-electron chi connectivity index (χ2n) is 6.07. The summed E-state index contributed by atoms with van der Waals surface area (Å²) in [7, 11) is 2.87. The van der Waals surface area contributed by atoms with Crippen LogP contribution in [0.25, 0.3) is 28.1 Å². The zero-order valence-corrected chi connectivity index (χ0v) is 14.8. The second-order valence-corrected chi connectivity index (χ2v) is 6.07. The Kier molecular flexibility index (Phi) is 3.65. The van der Waals surface area contributed by atoms with Crippen LogP contribution in [-0.2, 0) is 7.05 Å². The van der Waals surface area contributed by atoms with E-state index in [2.05, 4.69) is 15.0 Å². The lowest BCUT2D eigenvalue weighted by Gasteiger charge is -2.17. The molecule has 4 rings (SSSR count). The van der Waals surface area contributed by atoms with E-state index in [1.807, 2.05) is 0 Å². The highest BCUT2D eigenvalue weighted by Crippen LogP contribution is 2.26. The fraction of sp³-hybridized carbons (Fsp3) is 0.167. The average molecular weight is 365 g/mol. The molecule has 0 unspecified atom stereocenters. The number of aromatic amines is 1. The first-order valence-corrected chi connectivity index (χ1v) is 8.08. The number of methoxy groups -OCH3 is 1. The molecule has 1 aromatic heterocycles. The van der Waals surface area contributed by atoms with Gasteiger partial charge < -0.3 is 9.72 Å². The van der Waals surface area contributed by atoms with Crippen LogP contribution in [-0.4, -0.2) is 31.2 Å². The first kappa shape index (κ1) is 16.7. The number of rotatable bonds is 2. The molecule has 27 heavy (non-hydrogen) atoms. The first-order chi connectivity index (χ1) is 12.9. The molecule has 0 radical (unpaired) electrons. The highest BCUT2D eigenvalue weighted by molar-refractivity contribution is 5.83. The number of nitrogens with zero attached hydrogens (tertiary/aromatic N) is 4. The van der Waals surface area contributed by atoms with Gasteiger partial charge in [0, 0.05) is 13.1 Å². The molecule has 136 valence electrons. The van der Waals surface area contributed by atoms with Crippen molar-refractivity contribution in [3.63, 3.8) is 0 Å². The van der Waals surface area contributed by atoms with Crippen LogP contribution < -0.4 is 21.5 Å². The van der Waals surface area contributed by atoms with Crippen molar-refractivity contribution >= 4 is 11.0 Å². The van der Waals surface area contributed by atoms with Crippen molar-refractivity contribution in [2.45, 2.75) is 6.92 Å². The van der Waals surface area contributed by atoms with Crippen LogP contribution in [0.15, 0.2) is 44.7 Å². The Morgan fingerprint density at radius 3 is 2.63 bits per heavy atom. The Hall–Kier alpha value is -3.75. The number of benzene rings is 1. The Morgan fingerprint density at radius 2 is 1.89 bits per heavy atom. The maximum absolute atomic E-state index is 12.6. The number of H-pyrrole nitrogens is 1. The zero-order chi connectivity index (χ0) is 19.3. The van der Waals surface area contributed by atoms with Crippen molar-refractivity contribution in [2.24, 2.45) is 7.05 Å². The molecular formula is C18H15N5O4. The van der Waals surface area contributed by atoms with Crippen molar-refractivity contribution in [3.8, 4) is 22.8 Å². The summed E-state index contributed by atoms with van der Waals surface area (Å²) < 4.78 is 7.69. The maximum Gasteiger partial charge on any atom is 0.352 e. The average Bonchev–Trinajstić information content (AvgIpc) is 2.65. The monoisotopic (exact) mass is 365 g/mol. The minimum atomic E-state index is -0.690. The molecule has 0 saturated heterocycles. The lowest BCUT2D eigenvalue weighted by molar-refractivity contribution is 0.414. The van der Waals surface area contributed by atoms with E-state index >= 15 is 0 Å². The van der Waals surface area contributed by atoms with E-state index in [4.69, 9.17) is 4.74 Å². The molecule has 2 aliphatic rings. The summed E-state index contributed by atoms with van der Waals surface area (Å²) in [4.78, 5) is 48.4. The van der Waals surface area contributed by atoms with E-state index in [1.165, 1.54) is 24.8 Å². The van der Waals surface area contributed by atoms with Crippen LogP contribution >= 0.6 is 0 Å².